The Morgan fingerprint density at radius 3 is 2.93 bits per heavy atom. The Bertz CT molecular complexity index is 197. The van der Waals surface area contributed by atoms with E-state index in [4.69, 9.17) is 4.74 Å². The lowest BCUT2D eigenvalue weighted by atomic mass is 10.3. The molecule has 1 heterocycles. The number of unbranched alkanes of at least 4 members (excludes halogenated alkanes) is 1. The van der Waals surface area contributed by atoms with Gasteiger partial charge in [-0.15, -0.1) is 0 Å². The first-order chi connectivity index (χ1) is 7.26. The molecule has 15 heavy (non-hydrogen) atoms. The molecule has 0 aliphatic carbocycles. The molecule has 1 amide bonds. The maximum atomic E-state index is 11.3. The molecular weight excluding hydrogens is 192 g/mol. The lowest BCUT2D eigenvalue weighted by Crippen LogP contribution is -2.37. The zero-order chi connectivity index (χ0) is 11.1. The summed E-state index contributed by atoms with van der Waals surface area (Å²) in [4.78, 5) is 13.6. The van der Waals surface area contributed by atoms with Crippen LogP contribution < -0.4 is 5.32 Å². The van der Waals surface area contributed by atoms with Crippen LogP contribution in [0.4, 0.5) is 4.79 Å². The van der Waals surface area contributed by atoms with Crippen LogP contribution in [-0.4, -0.2) is 43.3 Å². The molecule has 0 saturated carbocycles. The molecule has 0 radical (unpaired) electrons. The Morgan fingerprint density at radius 1 is 1.53 bits per heavy atom. The Kier molecular flexibility index (Phi) is 5.47. The van der Waals surface area contributed by atoms with E-state index < -0.39 is 0 Å². The highest BCUT2D eigenvalue weighted by Gasteiger charge is 2.22. The van der Waals surface area contributed by atoms with Crippen molar-refractivity contribution in [2.24, 2.45) is 0 Å². The molecule has 88 valence electrons. The van der Waals surface area contributed by atoms with Gasteiger partial charge in [-0.2, -0.15) is 0 Å². The Morgan fingerprint density at radius 2 is 2.33 bits per heavy atom. The van der Waals surface area contributed by atoms with Crippen molar-refractivity contribution in [3.63, 3.8) is 0 Å². The summed E-state index contributed by atoms with van der Waals surface area (Å²) in [5.41, 5.74) is 0. The number of amides is 1. The number of carbonyl (C=O) groups is 1. The van der Waals surface area contributed by atoms with Gasteiger partial charge in [0.2, 0.25) is 0 Å². The Hall–Kier alpha value is -0.770. The molecule has 1 N–H and O–H groups in total. The second-order valence-corrected chi connectivity index (χ2v) is 4.01. The maximum absolute atomic E-state index is 11.3. The van der Waals surface area contributed by atoms with Crippen molar-refractivity contribution in [1.82, 2.24) is 10.2 Å². The quantitative estimate of drug-likeness (QED) is 0.707. The monoisotopic (exact) mass is 214 g/mol. The van der Waals surface area contributed by atoms with Crippen LogP contribution in [-0.2, 0) is 4.74 Å². The van der Waals surface area contributed by atoms with E-state index in [1.54, 1.807) is 0 Å². The molecule has 1 saturated heterocycles. The second kappa shape index (κ2) is 6.67. The first-order valence-electron chi connectivity index (χ1n) is 5.91. The average molecular weight is 214 g/mol. The molecule has 0 spiro atoms. The summed E-state index contributed by atoms with van der Waals surface area (Å²) in [6.07, 6.45) is 2.78. The van der Waals surface area contributed by atoms with Gasteiger partial charge in [0.1, 0.15) is 0 Å². The molecule has 0 bridgehead atoms. The van der Waals surface area contributed by atoms with Crippen LogP contribution in [0.5, 0.6) is 0 Å². The molecule has 0 unspecified atom stereocenters. The van der Waals surface area contributed by atoms with Gasteiger partial charge in [0.15, 0.2) is 0 Å². The van der Waals surface area contributed by atoms with Crippen molar-refractivity contribution in [2.45, 2.75) is 39.2 Å². The largest absolute Gasteiger partial charge is 0.450 e. The third-order valence-electron chi connectivity index (χ3n) is 2.77. The molecule has 0 aromatic carbocycles. The topological polar surface area (TPSA) is 41.6 Å². The summed E-state index contributed by atoms with van der Waals surface area (Å²) in [5.74, 6) is 0. The van der Waals surface area contributed by atoms with E-state index in [9.17, 15) is 4.79 Å². The number of rotatable bonds is 5. The minimum Gasteiger partial charge on any atom is -0.450 e. The summed E-state index contributed by atoms with van der Waals surface area (Å²) in [6, 6.07) is 0.277. The van der Waals surface area contributed by atoms with Crippen molar-refractivity contribution in [3.8, 4) is 0 Å². The van der Waals surface area contributed by atoms with E-state index >= 15 is 0 Å². The zero-order valence-electron chi connectivity index (χ0n) is 9.79. The van der Waals surface area contributed by atoms with Gasteiger partial charge in [-0.25, -0.2) is 4.79 Å². The lowest BCUT2D eigenvalue weighted by Gasteiger charge is -2.14. The zero-order valence-corrected chi connectivity index (χ0v) is 9.79. The van der Waals surface area contributed by atoms with Crippen LogP contribution in [0.3, 0.4) is 0 Å². The van der Waals surface area contributed by atoms with Gasteiger partial charge in [-0.1, -0.05) is 20.3 Å². The first kappa shape index (κ1) is 12.3. The van der Waals surface area contributed by atoms with Gasteiger partial charge in [0.05, 0.1) is 6.61 Å². The smallest absolute Gasteiger partial charge is 0.407 e. The van der Waals surface area contributed by atoms with Gasteiger partial charge in [0, 0.05) is 19.1 Å². The highest BCUT2D eigenvalue weighted by molar-refractivity contribution is 5.67. The summed E-state index contributed by atoms with van der Waals surface area (Å²) in [5, 5.41) is 2.90. The predicted molar refractivity (Wildman–Crippen MR) is 59.9 cm³/mol. The molecule has 4 nitrogen and oxygen atoms in total. The van der Waals surface area contributed by atoms with Gasteiger partial charge in [0.25, 0.3) is 0 Å². The van der Waals surface area contributed by atoms with E-state index in [-0.39, 0.29) is 12.1 Å². The van der Waals surface area contributed by atoms with Crippen LogP contribution in [0, 0.1) is 0 Å². The van der Waals surface area contributed by atoms with Crippen molar-refractivity contribution >= 4 is 6.09 Å². The SMILES string of the molecule is CCCCOC(=O)N[C@@H]1CCN(CC)C1. The maximum Gasteiger partial charge on any atom is 0.407 e. The summed E-state index contributed by atoms with van der Waals surface area (Å²) in [7, 11) is 0. The molecular formula is C11H22N2O2. The number of likely N-dealkylation sites (N-methyl/N-ethyl adjacent to an activating group) is 1. The summed E-state index contributed by atoms with van der Waals surface area (Å²) < 4.78 is 5.04. The summed E-state index contributed by atoms with van der Waals surface area (Å²) >= 11 is 0. The number of likely N-dealkylation sites (tertiary alicyclic amines) is 1. The predicted octanol–water partition coefficient (Wildman–Crippen LogP) is 1.61. The van der Waals surface area contributed by atoms with Gasteiger partial charge in [-0.3, -0.25) is 0 Å². The fourth-order valence-electron chi connectivity index (χ4n) is 1.76. The Labute approximate surface area is 92.0 Å². The molecule has 0 aromatic rings. The van der Waals surface area contributed by atoms with Crippen LogP contribution in [0.1, 0.15) is 33.1 Å². The minimum atomic E-state index is -0.258. The van der Waals surface area contributed by atoms with E-state index in [1.807, 2.05) is 0 Å². The second-order valence-electron chi connectivity index (χ2n) is 4.01. The van der Waals surface area contributed by atoms with Gasteiger partial charge >= 0.3 is 6.09 Å². The molecule has 1 rings (SSSR count). The molecule has 0 aromatic heterocycles. The summed E-state index contributed by atoms with van der Waals surface area (Å²) in [6.45, 7) is 7.85. The fourth-order valence-corrected chi connectivity index (χ4v) is 1.76. The van der Waals surface area contributed by atoms with Gasteiger partial charge < -0.3 is 15.0 Å². The van der Waals surface area contributed by atoms with Gasteiger partial charge in [-0.05, 0) is 19.4 Å². The Balaban J connectivity index is 2.10. The van der Waals surface area contributed by atoms with Crippen LogP contribution in [0.15, 0.2) is 0 Å². The average Bonchev–Trinajstić information content (AvgIpc) is 2.66. The number of hydrogen-bond acceptors (Lipinski definition) is 3. The van der Waals surface area contributed by atoms with Crippen molar-refractivity contribution < 1.29 is 9.53 Å². The van der Waals surface area contributed by atoms with Crippen molar-refractivity contribution in [2.75, 3.05) is 26.2 Å². The highest BCUT2D eigenvalue weighted by atomic mass is 16.5. The highest BCUT2D eigenvalue weighted by Crippen LogP contribution is 2.08. The normalized spacial score (nSPS) is 21.6. The van der Waals surface area contributed by atoms with Crippen LogP contribution in [0.25, 0.3) is 0 Å². The molecule has 1 aliphatic heterocycles. The standard InChI is InChI=1S/C11H22N2O2/c1-3-5-8-15-11(14)12-10-6-7-13(4-2)9-10/h10H,3-9H2,1-2H3,(H,12,14)/t10-/m1/s1. The van der Waals surface area contributed by atoms with Crippen molar-refractivity contribution in [3.05, 3.63) is 0 Å². The molecule has 4 heteroatoms. The van der Waals surface area contributed by atoms with E-state index in [1.165, 1.54) is 0 Å². The fraction of sp³-hybridized carbons (Fsp3) is 0.909. The first-order valence-corrected chi connectivity index (χ1v) is 5.91. The molecule has 1 aliphatic rings. The van der Waals surface area contributed by atoms with E-state index in [0.717, 1.165) is 38.9 Å². The number of nitrogens with one attached hydrogen (secondary N) is 1. The lowest BCUT2D eigenvalue weighted by molar-refractivity contribution is 0.140. The van der Waals surface area contributed by atoms with E-state index in [2.05, 4.69) is 24.1 Å². The number of carbonyl (C=O) groups excluding carboxylic acids is 1. The number of ether oxygens (including phenoxy) is 1. The third kappa shape index (κ3) is 4.51. The van der Waals surface area contributed by atoms with Crippen LogP contribution >= 0.6 is 0 Å². The van der Waals surface area contributed by atoms with Crippen LogP contribution in [0.2, 0.25) is 0 Å². The molecule has 1 atom stereocenters. The molecule has 1 fully saturated rings. The minimum absolute atomic E-state index is 0.258. The number of hydrogen-bond donors (Lipinski definition) is 1. The van der Waals surface area contributed by atoms with Crippen molar-refractivity contribution in [1.29, 1.82) is 0 Å². The third-order valence-corrected chi connectivity index (χ3v) is 2.77. The number of alkyl carbamates (subject to hydrolysis) is 1. The van der Waals surface area contributed by atoms with E-state index in [0.29, 0.717) is 6.61 Å². The number of nitrogens with zero attached hydrogens (tertiary/aromatic N) is 1.